The molecular weight excluding hydrogens is 240 g/mol. The van der Waals surface area contributed by atoms with E-state index in [1.165, 1.54) is 18.4 Å². The third kappa shape index (κ3) is 1.24. The molecule has 1 fully saturated rings. The fraction of sp³-hybridized carbons (Fsp3) is 0.417. The van der Waals surface area contributed by atoms with Crippen LogP contribution in [-0.2, 0) is 6.42 Å². The summed E-state index contributed by atoms with van der Waals surface area (Å²) in [4.78, 5) is 12.0. The second-order valence-electron chi connectivity index (χ2n) is 4.31. The second kappa shape index (κ2) is 2.93. The molecule has 2 aliphatic carbocycles. The molecule has 0 radical (unpaired) electrons. The minimum atomic E-state index is 0.305. The van der Waals surface area contributed by atoms with Crippen LogP contribution in [-0.4, -0.2) is 5.78 Å². The minimum Gasteiger partial charge on any atom is -0.294 e. The first-order chi connectivity index (χ1) is 6.75. The summed E-state index contributed by atoms with van der Waals surface area (Å²) in [5.74, 6) is 1.38. The molecule has 3 rings (SSSR count). The maximum absolute atomic E-state index is 12.0. The predicted molar refractivity (Wildman–Crippen MR) is 58.4 cm³/mol. The lowest BCUT2D eigenvalue weighted by Crippen LogP contribution is -2.10. The zero-order valence-electron chi connectivity index (χ0n) is 7.79. The van der Waals surface area contributed by atoms with Crippen molar-refractivity contribution in [2.45, 2.75) is 19.3 Å². The zero-order chi connectivity index (χ0) is 9.71. The van der Waals surface area contributed by atoms with Crippen LogP contribution in [0, 0.1) is 11.8 Å². The number of benzene rings is 1. The highest BCUT2D eigenvalue weighted by Crippen LogP contribution is 2.44. The zero-order valence-corrected chi connectivity index (χ0v) is 9.38. The van der Waals surface area contributed by atoms with Crippen LogP contribution in [0.1, 0.15) is 28.8 Å². The first-order valence-corrected chi connectivity index (χ1v) is 5.87. The van der Waals surface area contributed by atoms with E-state index in [0.29, 0.717) is 17.6 Å². The third-order valence-corrected chi connectivity index (χ3v) is 3.79. The van der Waals surface area contributed by atoms with E-state index in [9.17, 15) is 4.79 Å². The van der Waals surface area contributed by atoms with Gasteiger partial charge in [-0.15, -0.1) is 0 Å². The Morgan fingerprint density at radius 1 is 1.29 bits per heavy atom. The fourth-order valence-corrected chi connectivity index (χ4v) is 2.79. The van der Waals surface area contributed by atoms with Crippen molar-refractivity contribution in [3.05, 3.63) is 33.8 Å². The van der Waals surface area contributed by atoms with Crippen molar-refractivity contribution in [3.63, 3.8) is 0 Å². The van der Waals surface area contributed by atoms with Gasteiger partial charge in [-0.2, -0.15) is 0 Å². The third-order valence-electron chi connectivity index (χ3n) is 3.30. The van der Waals surface area contributed by atoms with Crippen molar-refractivity contribution < 1.29 is 4.79 Å². The Bertz CT molecular complexity index is 407. The molecule has 1 saturated carbocycles. The summed E-state index contributed by atoms with van der Waals surface area (Å²) in [7, 11) is 0. The quantitative estimate of drug-likeness (QED) is 0.749. The largest absolute Gasteiger partial charge is 0.294 e. The number of ketones is 1. The van der Waals surface area contributed by atoms with Gasteiger partial charge in [-0.3, -0.25) is 4.79 Å². The fourth-order valence-electron chi connectivity index (χ4n) is 2.38. The Hall–Kier alpha value is -0.630. The lowest BCUT2D eigenvalue weighted by molar-refractivity contribution is 0.0923. The van der Waals surface area contributed by atoms with E-state index in [4.69, 9.17) is 0 Å². The van der Waals surface area contributed by atoms with E-state index in [0.717, 1.165) is 16.5 Å². The molecule has 0 heterocycles. The first kappa shape index (κ1) is 8.66. The molecule has 1 aromatic carbocycles. The molecule has 2 heteroatoms. The van der Waals surface area contributed by atoms with E-state index in [1.807, 2.05) is 12.1 Å². The van der Waals surface area contributed by atoms with Gasteiger partial charge in [0.05, 0.1) is 0 Å². The summed E-state index contributed by atoms with van der Waals surface area (Å²) in [6.45, 7) is 0. The molecule has 1 nitrogen and oxygen atoms in total. The lowest BCUT2D eigenvalue weighted by atomic mass is 10.00. The number of fused-ring (bicyclic) bond motifs is 1. The molecule has 0 saturated heterocycles. The summed E-state index contributed by atoms with van der Waals surface area (Å²) in [5.41, 5.74) is 2.20. The van der Waals surface area contributed by atoms with Gasteiger partial charge in [-0.1, -0.05) is 22.0 Å². The average molecular weight is 251 g/mol. The van der Waals surface area contributed by atoms with E-state index in [2.05, 4.69) is 22.0 Å². The Labute approximate surface area is 91.6 Å². The van der Waals surface area contributed by atoms with Gasteiger partial charge in [-0.05, 0) is 42.9 Å². The standard InChI is InChI=1S/C12H11BrO/c13-9-3-4-10-8(5-9)6-11(12(10)14)7-1-2-7/h3-5,7,11H,1-2,6H2. The highest BCUT2D eigenvalue weighted by Gasteiger charge is 2.41. The normalized spacial score (nSPS) is 25.2. The molecule has 2 aliphatic rings. The summed E-state index contributed by atoms with van der Waals surface area (Å²) < 4.78 is 1.08. The average Bonchev–Trinajstić information content (AvgIpc) is 2.93. The molecule has 1 atom stereocenters. The van der Waals surface area contributed by atoms with Gasteiger partial charge < -0.3 is 0 Å². The molecule has 1 aromatic rings. The molecule has 0 spiro atoms. The van der Waals surface area contributed by atoms with Crippen LogP contribution in [0.3, 0.4) is 0 Å². The summed E-state index contributed by atoms with van der Waals surface area (Å²) >= 11 is 3.45. The predicted octanol–water partition coefficient (Wildman–Crippen LogP) is 3.21. The molecule has 0 aromatic heterocycles. The number of Topliss-reactive ketones (excluding diaryl/α,β-unsaturated/α-hetero) is 1. The van der Waals surface area contributed by atoms with Crippen molar-refractivity contribution >= 4 is 21.7 Å². The molecule has 0 amide bonds. The topological polar surface area (TPSA) is 17.1 Å². The van der Waals surface area contributed by atoms with Gasteiger partial charge in [0.1, 0.15) is 0 Å². The van der Waals surface area contributed by atoms with Gasteiger partial charge in [0, 0.05) is 16.0 Å². The SMILES string of the molecule is O=C1c2ccc(Br)cc2CC1C1CC1. The van der Waals surface area contributed by atoms with E-state index >= 15 is 0 Å². The van der Waals surface area contributed by atoms with Crippen LogP contribution in [0.15, 0.2) is 22.7 Å². The number of carbonyl (C=O) groups excluding carboxylic acids is 1. The van der Waals surface area contributed by atoms with Crippen molar-refractivity contribution in [1.29, 1.82) is 0 Å². The van der Waals surface area contributed by atoms with Crippen molar-refractivity contribution in [2.24, 2.45) is 11.8 Å². The first-order valence-electron chi connectivity index (χ1n) is 5.08. The maximum atomic E-state index is 12.0. The monoisotopic (exact) mass is 250 g/mol. The number of hydrogen-bond acceptors (Lipinski definition) is 1. The highest BCUT2D eigenvalue weighted by molar-refractivity contribution is 9.10. The summed E-state index contributed by atoms with van der Waals surface area (Å²) in [6.07, 6.45) is 3.48. The van der Waals surface area contributed by atoms with E-state index < -0.39 is 0 Å². The Kier molecular flexibility index (Phi) is 1.81. The number of hydrogen-bond donors (Lipinski definition) is 0. The lowest BCUT2D eigenvalue weighted by Gasteiger charge is -2.02. The molecular formula is C12H11BrO. The molecule has 0 aliphatic heterocycles. The molecule has 1 unspecified atom stereocenters. The van der Waals surface area contributed by atoms with Crippen LogP contribution in [0.4, 0.5) is 0 Å². The highest BCUT2D eigenvalue weighted by atomic mass is 79.9. The van der Waals surface area contributed by atoms with Crippen molar-refractivity contribution in [1.82, 2.24) is 0 Å². The number of carbonyl (C=O) groups is 1. The van der Waals surface area contributed by atoms with Crippen LogP contribution in [0.5, 0.6) is 0 Å². The maximum Gasteiger partial charge on any atom is 0.166 e. The van der Waals surface area contributed by atoms with Gasteiger partial charge >= 0.3 is 0 Å². The van der Waals surface area contributed by atoms with Gasteiger partial charge in [0.2, 0.25) is 0 Å². The molecule has 0 N–H and O–H groups in total. The Morgan fingerprint density at radius 2 is 2.07 bits per heavy atom. The van der Waals surface area contributed by atoms with Gasteiger partial charge in [0.15, 0.2) is 5.78 Å². The van der Waals surface area contributed by atoms with Crippen molar-refractivity contribution in [3.8, 4) is 0 Å². The van der Waals surface area contributed by atoms with Crippen LogP contribution in [0.25, 0.3) is 0 Å². The molecule has 0 bridgehead atoms. The second-order valence-corrected chi connectivity index (χ2v) is 5.23. The minimum absolute atomic E-state index is 0.305. The summed E-state index contributed by atoms with van der Waals surface area (Å²) in [5, 5.41) is 0. The number of rotatable bonds is 1. The van der Waals surface area contributed by atoms with E-state index in [-0.39, 0.29) is 0 Å². The smallest absolute Gasteiger partial charge is 0.166 e. The Morgan fingerprint density at radius 3 is 2.79 bits per heavy atom. The van der Waals surface area contributed by atoms with Gasteiger partial charge in [-0.25, -0.2) is 0 Å². The summed E-state index contributed by atoms with van der Waals surface area (Å²) in [6, 6.07) is 6.02. The molecule has 72 valence electrons. The van der Waals surface area contributed by atoms with E-state index in [1.54, 1.807) is 0 Å². The molecule has 14 heavy (non-hydrogen) atoms. The van der Waals surface area contributed by atoms with Gasteiger partial charge in [0.25, 0.3) is 0 Å². The Balaban J connectivity index is 2.01. The number of halogens is 1. The van der Waals surface area contributed by atoms with Crippen LogP contribution >= 0.6 is 15.9 Å². The van der Waals surface area contributed by atoms with Crippen LogP contribution < -0.4 is 0 Å². The van der Waals surface area contributed by atoms with Crippen LogP contribution in [0.2, 0.25) is 0 Å². The van der Waals surface area contributed by atoms with Crippen molar-refractivity contribution in [2.75, 3.05) is 0 Å².